The van der Waals surface area contributed by atoms with Crippen molar-refractivity contribution in [3.05, 3.63) is 99.8 Å². The fourth-order valence-corrected chi connectivity index (χ4v) is 4.18. The molecule has 1 aliphatic heterocycles. The zero-order valence-corrected chi connectivity index (χ0v) is 21.9. The standard InChI is InChI=1S/C30H31ClN2O3/c1-20-6-5-7-21(16-20)14-15-32-28(34)19-33-25-18-23(30(2,3)4)10-13-26(25)36-27(29(33)35)17-22-8-11-24(31)12-9-22/h5-13,16-18H,14-15,19H2,1-4H3,(H,32,34). The Bertz CT molecular complexity index is 1310. The minimum Gasteiger partial charge on any atom is -0.449 e. The molecule has 0 saturated heterocycles. The smallest absolute Gasteiger partial charge is 0.294 e. The van der Waals surface area contributed by atoms with Crippen molar-refractivity contribution >= 4 is 35.2 Å². The minimum absolute atomic E-state index is 0.103. The first-order valence-corrected chi connectivity index (χ1v) is 12.4. The second kappa shape index (κ2) is 10.6. The number of aryl methyl sites for hydroxylation is 1. The van der Waals surface area contributed by atoms with Crippen LogP contribution in [-0.2, 0) is 21.4 Å². The largest absolute Gasteiger partial charge is 0.449 e. The number of carbonyl (C=O) groups excluding carboxylic acids is 2. The maximum Gasteiger partial charge on any atom is 0.294 e. The summed E-state index contributed by atoms with van der Waals surface area (Å²) in [5.41, 5.74) is 4.64. The van der Waals surface area contributed by atoms with Crippen molar-refractivity contribution in [2.24, 2.45) is 0 Å². The number of amides is 2. The number of nitrogens with zero attached hydrogens (tertiary/aromatic N) is 1. The van der Waals surface area contributed by atoms with E-state index in [1.54, 1.807) is 18.2 Å². The number of nitrogens with one attached hydrogen (secondary N) is 1. The molecule has 6 heteroatoms. The highest BCUT2D eigenvalue weighted by molar-refractivity contribution is 6.30. The lowest BCUT2D eigenvalue weighted by Gasteiger charge is -2.32. The predicted molar refractivity (Wildman–Crippen MR) is 145 cm³/mol. The van der Waals surface area contributed by atoms with Gasteiger partial charge in [0.05, 0.1) is 5.69 Å². The fourth-order valence-electron chi connectivity index (χ4n) is 4.06. The Morgan fingerprint density at radius 1 is 1.06 bits per heavy atom. The van der Waals surface area contributed by atoms with E-state index in [-0.39, 0.29) is 29.5 Å². The summed E-state index contributed by atoms with van der Waals surface area (Å²) in [6.45, 7) is 8.75. The summed E-state index contributed by atoms with van der Waals surface area (Å²) in [6.07, 6.45) is 2.39. The van der Waals surface area contributed by atoms with E-state index in [1.165, 1.54) is 10.5 Å². The Kier molecular flexibility index (Phi) is 7.51. The summed E-state index contributed by atoms with van der Waals surface area (Å²) < 4.78 is 6.01. The van der Waals surface area contributed by atoms with Crippen molar-refractivity contribution in [2.45, 2.75) is 39.5 Å². The number of fused-ring (bicyclic) bond motifs is 1. The Hall–Kier alpha value is -3.57. The number of halogens is 1. The zero-order valence-electron chi connectivity index (χ0n) is 21.1. The molecule has 1 aliphatic rings. The molecule has 3 aromatic rings. The molecule has 2 amide bonds. The SMILES string of the molecule is Cc1cccc(CCNC(=O)CN2C(=O)C(=Cc3ccc(Cl)cc3)Oc3ccc(C(C)(C)C)cc32)c1. The first-order chi connectivity index (χ1) is 17.1. The molecule has 4 rings (SSSR count). The van der Waals surface area contributed by atoms with Gasteiger partial charge in [-0.15, -0.1) is 0 Å². The summed E-state index contributed by atoms with van der Waals surface area (Å²) in [4.78, 5) is 27.9. The average molecular weight is 503 g/mol. The monoisotopic (exact) mass is 502 g/mol. The third-order valence-corrected chi connectivity index (χ3v) is 6.33. The van der Waals surface area contributed by atoms with Gasteiger partial charge < -0.3 is 10.1 Å². The first kappa shape index (κ1) is 25.5. The quantitative estimate of drug-likeness (QED) is 0.416. The van der Waals surface area contributed by atoms with Gasteiger partial charge in [0, 0.05) is 11.6 Å². The van der Waals surface area contributed by atoms with Gasteiger partial charge in [0.15, 0.2) is 11.5 Å². The van der Waals surface area contributed by atoms with E-state index in [0.29, 0.717) is 23.0 Å². The van der Waals surface area contributed by atoms with Crippen molar-refractivity contribution in [3.8, 4) is 5.75 Å². The van der Waals surface area contributed by atoms with Crippen LogP contribution in [0.15, 0.2) is 72.5 Å². The van der Waals surface area contributed by atoms with Gasteiger partial charge in [0.1, 0.15) is 6.54 Å². The number of hydrogen-bond acceptors (Lipinski definition) is 3. The van der Waals surface area contributed by atoms with Gasteiger partial charge in [-0.3, -0.25) is 14.5 Å². The van der Waals surface area contributed by atoms with Crippen LogP contribution in [0.4, 0.5) is 5.69 Å². The molecule has 0 radical (unpaired) electrons. The van der Waals surface area contributed by atoms with Crippen LogP contribution < -0.4 is 15.0 Å². The molecule has 0 aliphatic carbocycles. The van der Waals surface area contributed by atoms with Crippen molar-refractivity contribution in [3.63, 3.8) is 0 Å². The second-order valence-corrected chi connectivity index (χ2v) is 10.5. The Balaban J connectivity index is 1.57. The van der Waals surface area contributed by atoms with E-state index < -0.39 is 0 Å². The van der Waals surface area contributed by atoms with Crippen LogP contribution in [0.5, 0.6) is 5.75 Å². The summed E-state index contributed by atoms with van der Waals surface area (Å²) in [5, 5.41) is 3.57. The van der Waals surface area contributed by atoms with Crippen LogP contribution >= 0.6 is 11.6 Å². The van der Waals surface area contributed by atoms with Crippen molar-refractivity contribution < 1.29 is 14.3 Å². The second-order valence-electron chi connectivity index (χ2n) is 10.1. The number of ether oxygens (including phenoxy) is 1. The van der Waals surface area contributed by atoms with Crippen LogP contribution in [-0.4, -0.2) is 24.9 Å². The minimum atomic E-state index is -0.364. The Morgan fingerprint density at radius 2 is 1.81 bits per heavy atom. The van der Waals surface area contributed by atoms with Crippen LogP contribution in [0.25, 0.3) is 6.08 Å². The Morgan fingerprint density at radius 3 is 2.50 bits per heavy atom. The summed E-state index contributed by atoms with van der Waals surface area (Å²) in [7, 11) is 0. The van der Waals surface area contributed by atoms with Crippen molar-refractivity contribution in [1.82, 2.24) is 5.32 Å². The number of rotatable bonds is 6. The van der Waals surface area contributed by atoms with Gasteiger partial charge in [0.25, 0.3) is 5.91 Å². The van der Waals surface area contributed by atoms with E-state index in [1.807, 2.05) is 55.5 Å². The molecular formula is C30H31ClN2O3. The molecule has 3 aromatic carbocycles. The fraction of sp³-hybridized carbons (Fsp3) is 0.267. The van der Waals surface area contributed by atoms with Gasteiger partial charge in [-0.05, 0) is 65.8 Å². The van der Waals surface area contributed by atoms with Gasteiger partial charge in [0.2, 0.25) is 5.91 Å². The van der Waals surface area contributed by atoms with Crippen LogP contribution in [0.3, 0.4) is 0 Å². The molecule has 0 fully saturated rings. The molecule has 0 bridgehead atoms. The average Bonchev–Trinajstić information content (AvgIpc) is 2.82. The topological polar surface area (TPSA) is 58.6 Å². The molecule has 0 aromatic heterocycles. The molecule has 0 atom stereocenters. The van der Waals surface area contributed by atoms with Crippen LogP contribution in [0.2, 0.25) is 5.02 Å². The predicted octanol–water partition coefficient (Wildman–Crippen LogP) is 6.07. The summed E-state index contributed by atoms with van der Waals surface area (Å²) in [6, 6.07) is 21.1. The van der Waals surface area contributed by atoms with Gasteiger partial charge >= 0.3 is 0 Å². The van der Waals surface area contributed by atoms with Gasteiger partial charge in [-0.1, -0.05) is 80.4 Å². The first-order valence-electron chi connectivity index (χ1n) is 12.0. The normalized spacial score (nSPS) is 14.4. The number of anilines is 1. The summed E-state index contributed by atoms with van der Waals surface area (Å²) >= 11 is 6.00. The summed E-state index contributed by atoms with van der Waals surface area (Å²) in [5.74, 6) is 0.101. The molecule has 1 heterocycles. The van der Waals surface area contributed by atoms with E-state index in [0.717, 1.165) is 23.1 Å². The maximum atomic E-state index is 13.5. The number of benzene rings is 3. The molecule has 5 nitrogen and oxygen atoms in total. The third-order valence-electron chi connectivity index (χ3n) is 6.08. The molecule has 0 spiro atoms. The maximum absolute atomic E-state index is 13.5. The van der Waals surface area contributed by atoms with Gasteiger partial charge in [-0.25, -0.2) is 0 Å². The van der Waals surface area contributed by atoms with E-state index >= 15 is 0 Å². The van der Waals surface area contributed by atoms with Gasteiger partial charge in [-0.2, -0.15) is 0 Å². The lowest BCUT2D eigenvalue weighted by Crippen LogP contribution is -2.44. The molecule has 186 valence electrons. The highest BCUT2D eigenvalue weighted by atomic mass is 35.5. The van der Waals surface area contributed by atoms with Crippen LogP contribution in [0.1, 0.15) is 43.0 Å². The number of hydrogen-bond donors (Lipinski definition) is 1. The van der Waals surface area contributed by atoms with Crippen LogP contribution in [0, 0.1) is 6.92 Å². The molecular weight excluding hydrogens is 472 g/mol. The molecule has 36 heavy (non-hydrogen) atoms. The molecule has 0 unspecified atom stereocenters. The Labute approximate surface area is 217 Å². The highest BCUT2D eigenvalue weighted by Crippen LogP contribution is 2.39. The lowest BCUT2D eigenvalue weighted by molar-refractivity contribution is -0.123. The molecule has 1 N–H and O–H groups in total. The highest BCUT2D eigenvalue weighted by Gasteiger charge is 2.33. The van der Waals surface area contributed by atoms with Crippen molar-refractivity contribution in [1.29, 1.82) is 0 Å². The van der Waals surface area contributed by atoms with E-state index in [9.17, 15) is 9.59 Å². The zero-order chi connectivity index (χ0) is 25.9. The number of carbonyl (C=O) groups is 2. The van der Waals surface area contributed by atoms with Crippen molar-refractivity contribution in [2.75, 3.05) is 18.0 Å². The molecule has 0 saturated carbocycles. The van der Waals surface area contributed by atoms with E-state index in [4.69, 9.17) is 16.3 Å². The lowest BCUT2D eigenvalue weighted by atomic mass is 9.86. The third kappa shape index (κ3) is 6.16. The van der Waals surface area contributed by atoms with E-state index in [2.05, 4.69) is 32.2 Å².